The topological polar surface area (TPSA) is 62.8 Å². The Morgan fingerprint density at radius 3 is 3.33 bits per heavy atom. The van der Waals surface area contributed by atoms with E-state index < -0.39 is 0 Å². The van der Waals surface area contributed by atoms with Crippen molar-refractivity contribution in [1.82, 2.24) is 20.5 Å². The monoisotopic (exact) mass is 204 g/mol. The van der Waals surface area contributed by atoms with Gasteiger partial charge in [-0.15, -0.1) is 0 Å². The molecule has 78 valence electrons. The van der Waals surface area contributed by atoms with Crippen LogP contribution in [0.2, 0.25) is 0 Å². The second kappa shape index (κ2) is 3.60. The zero-order chi connectivity index (χ0) is 10.1. The van der Waals surface area contributed by atoms with E-state index in [9.17, 15) is 0 Å². The number of nitrogens with one attached hydrogen (secondary N) is 2. The molecule has 2 aromatic heterocycles. The van der Waals surface area contributed by atoms with Crippen LogP contribution in [0.4, 0.5) is 0 Å². The molecule has 5 heteroatoms. The van der Waals surface area contributed by atoms with Crippen LogP contribution in [0.3, 0.4) is 0 Å². The van der Waals surface area contributed by atoms with Gasteiger partial charge in [-0.2, -0.15) is 5.10 Å². The molecule has 0 aromatic carbocycles. The van der Waals surface area contributed by atoms with E-state index in [4.69, 9.17) is 4.74 Å². The summed E-state index contributed by atoms with van der Waals surface area (Å²) in [5, 5.41) is 11.6. The first-order valence-electron chi connectivity index (χ1n) is 5.05. The molecule has 5 nitrogen and oxygen atoms in total. The number of morpholine rings is 1. The molecule has 1 fully saturated rings. The lowest BCUT2D eigenvalue weighted by Gasteiger charge is -2.22. The lowest BCUT2D eigenvalue weighted by Crippen LogP contribution is -2.33. The van der Waals surface area contributed by atoms with Crippen LogP contribution in [0, 0.1) is 0 Å². The summed E-state index contributed by atoms with van der Waals surface area (Å²) in [6.45, 7) is 2.48. The van der Waals surface area contributed by atoms with Crippen LogP contribution in [0.5, 0.6) is 0 Å². The van der Waals surface area contributed by atoms with Crippen molar-refractivity contribution in [3.8, 4) is 0 Å². The van der Waals surface area contributed by atoms with Gasteiger partial charge in [0.1, 0.15) is 6.10 Å². The lowest BCUT2D eigenvalue weighted by atomic mass is 10.1. The van der Waals surface area contributed by atoms with Crippen LogP contribution in [-0.2, 0) is 4.74 Å². The van der Waals surface area contributed by atoms with E-state index in [0.717, 1.165) is 36.3 Å². The molecule has 0 saturated carbocycles. The minimum atomic E-state index is 0.0629. The molecule has 0 aliphatic carbocycles. The van der Waals surface area contributed by atoms with Gasteiger partial charge in [-0.1, -0.05) is 0 Å². The molecular formula is C10H12N4O. The average Bonchev–Trinajstić information content (AvgIpc) is 2.74. The number of fused-ring (bicyclic) bond motifs is 1. The van der Waals surface area contributed by atoms with Crippen LogP contribution in [0.25, 0.3) is 10.9 Å². The van der Waals surface area contributed by atoms with E-state index in [1.54, 1.807) is 6.20 Å². The summed E-state index contributed by atoms with van der Waals surface area (Å²) in [7, 11) is 0. The summed E-state index contributed by atoms with van der Waals surface area (Å²) in [5.41, 5.74) is 1.96. The highest BCUT2D eigenvalue weighted by Gasteiger charge is 2.19. The molecule has 0 radical (unpaired) electrons. The zero-order valence-corrected chi connectivity index (χ0v) is 8.23. The Morgan fingerprint density at radius 2 is 2.47 bits per heavy atom. The maximum Gasteiger partial charge on any atom is 0.112 e. The standard InChI is InChI=1S/C10H12N4O/c1-2-11-5-7-8(1)13-14-10(7)9-6-12-3-4-15-9/h1-2,5,9,12H,3-4,6H2,(H,13,14). The van der Waals surface area contributed by atoms with Crippen molar-refractivity contribution in [3.05, 3.63) is 24.2 Å². The first kappa shape index (κ1) is 8.82. The highest BCUT2D eigenvalue weighted by Crippen LogP contribution is 2.23. The molecule has 1 atom stereocenters. The molecule has 3 rings (SSSR count). The van der Waals surface area contributed by atoms with Crippen molar-refractivity contribution in [2.24, 2.45) is 0 Å². The number of hydrogen-bond acceptors (Lipinski definition) is 4. The fraction of sp³-hybridized carbons (Fsp3) is 0.400. The maximum atomic E-state index is 5.67. The van der Waals surface area contributed by atoms with Crippen molar-refractivity contribution < 1.29 is 4.74 Å². The molecular weight excluding hydrogens is 192 g/mol. The van der Waals surface area contributed by atoms with Gasteiger partial charge in [0.25, 0.3) is 0 Å². The van der Waals surface area contributed by atoms with Crippen molar-refractivity contribution in [1.29, 1.82) is 0 Å². The highest BCUT2D eigenvalue weighted by molar-refractivity contribution is 5.80. The van der Waals surface area contributed by atoms with E-state index in [0.29, 0.717) is 0 Å². The summed E-state index contributed by atoms with van der Waals surface area (Å²) in [6.07, 6.45) is 3.63. The minimum Gasteiger partial charge on any atom is -0.369 e. The van der Waals surface area contributed by atoms with E-state index in [1.165, 1.54) is 0 Å². The van der Waals surface area contributed by atoms with Crippen LogP contribution >= 0.6 is 0 Å². The number of rotatable bonds is 1. The Labute approximate surface area is 86.8 Å². The number of ether oxygens (including phenoxy) is 1. The van der Waals surface area contributed by atoms with Gasteiger partial charge < -0.3 is 10.1 Å². The number of aromatic amines is 1. The first-order valence-corrected chi connectivity index (χ1v) is 5.05. The van der Waals surface area contributed by atoms with Gasteiger partial charge in [0.2, 0.25) is 0 Å². The summed E-state index contributed by atoms with van der Waals surface area (Å²) in [6, 6.07) is 1.89. The number of hydrogen-bond donors (Lipinski definition) is 2. The van der Waals surface area contributed by atoms with E-state index in [1.807, 2.05) is 12.3 Å². The summed E-state index contributed by atoms with van der Waals surface area (Å²) in [4.78, 5) is 4.10. The fourth-order valence-corrected chi connectivity index (χ4v) is 1.87. The number of H-pyrrole nitrogens is 1. The zero-order valence-electron chi connectivity index (χ0n) is 8.23. The number of aromatic nitrogens is 3. The Hall–Kier alpha value is -1.46. The summed E-state index contributed by atoms with van der Waals surface area (Å²) >= 11 is 0. The second-order valence-electron chi connectivity index (χ2n) is 3.59. The Balaban J connectivity index is 2.02. The van der Waals surface area contributed by atoms with E-state index in [-0.39, 0.29) is 6.10 Å². The van der Waals surface area contributed by atoms with Gasteiger partial charge in [0, 0.05) is 30.9 Å². The van der Waals surface area contributed by atoms with Crippen molar-refractivity contribution in [2.75, 3.05) is 19.7 Å². The normalized spacial score (nSPS) is 22.0. The van der Waals surface area contributed by atoms with Crippen LogP contribution in [0.15, 0.2) is 18.5 Å². The van der Waals surface area contributed by atoms with Crippen LogP contribution in [0.1, 0.15) is 11.8 Å². The van der Waals surface area contributed by atoms with Gasteiger partial charge in [-0.3, -0.25) is 10.1 Å². The van der Waals surface area contributed by atoms with Crippen molar-refractivity contribution in [3.63, 3.8) is 0 Å². The first-order chi connectivity index (χ1) is 7.45. The van der Waals surface area contributed by atoms with Gasteiger partial charge in [-0.25, -0.2) is 0 Å². The average molecular weight is 204 g/mol. The number of pyridine rings is 1. The van der Waals surface area contributed by atoms with Gasteiger partial charge >= 0.3 is 0 Å². The third-order valence-electron chi connectivity index (χ3n) is 2.63. The SMILES string of the molecule is c1cc2n[nH]c(C3CNCCO3)c2cn1. The van der Waals surface area contributed by atoms with E-state index >= 15 is 0 Å². The summed E-state index contributed by atoms with van der Waals surface area (Å²) < 4.78 is 5.67. The molecule has 0 bridgehead atoms. The number of nitrogens with zero attached hydrogens (tertiary/aromatic N) is 2. The van der Waals surface area contributed by atoms with E-state index in [2.05, 4.69) is 20.5 Å². The molecule has 2 aromatic rings. The molecule has 3 heterocycles. The molecule has 1 saturated heterocycles. The van der Waals surface area contributed by atoms with Gasteiger partial charge in [-0.05, 0) is 6.07 Å². The predicted molar refractivity (Wildman–Crippen MR) is 55.5 cm³/mol. The maximum absolute atomic E-state index is 5.67. The third kappa shape index (κ3) is 1.49. The molecule has 0 spiro atoms. The van der Waals surface area contributed by atoms with Gasteiger partial charge in [0.15, 0.2) is 0 Å². The quantitative estimate of drug-likeness (QED) is 0.714. The molecule has 1 aliphatic heterocycles. The van der Waals surface area contributed by atoms with Crippen LogP contribution < -0.4 is 5.32 Å². The lowest BCUT2D eigenvalue weighted by molar-refractivity contribution is 0.0258. The van der Waals surface area contributed by atoms with Crippen LogP contribution in [-0.4, -0.2) is 34.9 Å². The third-order valence-corrected chi connectivity index (χ3v) is 2.63. The Bertz CT molecular complexity index is 461. The summed E-state index contributed by atoms with van der Waals surface area (Å²) in [5.74, 6) is 0. The van der Waals surface area contributed by atoms with Crippen molar-refractivity contribution in [2.45, 2.75) is 6.10 Å². The molecule has 1 unspecified atom stereocenters. The Morgan fingerprint density at radius 1 is 1.47 bits per heavy atom. The second-order valence-corrected chi connectivity index (χ2v) is 3.59. The molecule has 1 aliphatic rings. The van der Waals surface area contributed by atoms with Gasteiger partial charge in [0.05, 0.1) is 17.8 Å². The van der Waals surface area contributed by atoms with Crippen molar-refractivity contribution >= 4 is 10.9 Å². The minimum absolute atomic E-state index is 0.0629. The molecule has 0 amide bonds. The smallest absolute Gasteiger partial charge is 0.112 e. The predicted octanol–water partition coefficient (Wildman–Crippen LogP) is 0.619. The molecule has 2 N–H and O–H groups in total. The highest BCUT2D eigenvalue weighted by atomic mass is 16.5. The Kier molecular flexibility index (Phi) is 2.12. The largest absolute Gasteiger partial charge is 0.369 e. The fourth-order valence-electron chi connectivity index (χ4n) is 1.87. The molecule has 15 heavy (non-hydrogen) atoms.